The van der Waals surface area contributed by atoms with E-state index in [0.717, 1.165) is 31.4 Å². The highest BCUT2D eigenvalue weighted by molar-refractivity contribution is 7.89. The molecule has 1 aromatic carbocycles. The lowest BCUT2D eigenvalue weighted by Crippen LogP contribution is -2.47. The summed E-state index contributed by atoms with van der Waals surface area (Å²) in [6.07, 6.45) is -1.26. The summed E-state index contributed by atoms with van der Waals surface area (Å²) in [5, 5.41) is 0. The summed E-state index contributed by atoms with van der Waals surface area (Å²) in [5.74, 6) is 0. The first kappa shape index (κ1) is 22.2. The Hall–Kier alpha value is -0.830. The van der Waals surface area contributed by atoms with Crippen LogP contribution in [0.3, 0.4) is 0 Å². The Kier molecular flexibility index (Phi) is 7.73. The van der Waals surface area contributed by atoms with Gasteiger partial charge in [-0.25, -0.2) is 13.1 Å². The second-order valence-electron chi connectivity index (χ2n) is 6.29. The van der Waals surface area contributed by atoms with Crippen molar-refractivity contribution in [3.63, 3.8) is 0 Å². The number of nitrogens with one attached hydrogen (secondary N) is 1. The number of benzene rings is 1. The van der Waals surface area contributed by atoms with Gasteiger partial charge in [-0.15, -0.1) is 12.4 Å². The van der Waals surface area contributed by atoms with Gasteiger partial charge in [-0.1, -0.05) is 12.5 Å². The lowest BCUT2D eigenvalue weighted by molar-refractivity contribution is -0.137. The molecule has 0 radical (unpaired) electrons. The zero-order chi connectivity index (χ0) is 18.0. The Morgan fingerprint density at radius 3 is 2.36 bits per heavy atom. The van der Waals surface area contributed by atoms with Crippen molar-refractivity contribution in [2.75, 3.05) is 13.1 Å². The summed E-state index contributed by atoms with van der Waals surface area (Å²) >= 11 is 0. The topological polar surface area (TPSA) is 49.4 Å². The van der Waals surface area contributed by atoms with Crippen molar-refractivity contribution < 1.29 is 21.6 Å². The number of rotatable bonds is 5. The zero-order valence-electron chi connectivity index (χ0n) is 14.2. The van der Waals surface area contributed by atoms with E-state index in [1.54, 1.807) is 0 Å². The van der Waals surface area contributed by atoms with Crippen LogP contribution in [0.15, 0.2) is 29.2 Å². The molecule has 1 aromatic rings. The summed E-state index contributed by atoms with van der Waals surface area (Å²) < 4.78 is 65.0. The van der Waals surface area contributed by atoms with Crippen molar-refractivity contribution >= 4 is 22.4 Å². The Morgan fingerprint density at radius 2 is 1.80 bits per heavy atom. The molecule has 2 atom stereocenters. The minimum absolute atomic E-state index is 0. The maximum absolute atomic E-state index is 12.7. The number of alkyl halides is 3. The number of halogens is 4. The predicted octanol–water partition coefficient (Wildman–Crippen LogP) is 3.67. The molecule has 0 spiro atoms. The van der Waals surface area contributed by atoms with Crippen molar-refractivity contribution in [3.8, 4) is 0 Å². The summed E-state index contributed by atoms with van der Waals surface area (Å²) in [4.78, 5) is 1.87. The molecule has 0 aromatic heterocycles. The van der Waals surface area contributed by atoms with E-state index < -0.39 is 21.8 Å². The SMILES string of the molecule is CC1CCCC(C)N1CCNS(=O)(=O)c1cccc(C(F)(F)F)c1.Cl. The van der Waals surface area contributed by atoms with Gasteiger partial charge in [0.1, 0.15) is 0 Å². The van der Waals surface area contributed by atoms with Gasteiger partial charge in [0.15, 0.2) is 0 Å². The number of nitrogens with zero attached hydrogens (tertiary/aromatic N) is 1. The van der Waals surface area contributed by atoms with Crippen LogP contribution >= 0.6 is 12.4 Å². The fourth-order valence-electron chi connectivity index (χ4n) is 3.15. The van der Waals surface area contributed by atoms with E-state index >= 15 is 0 Å². The molecule has 1 aliphatic heterocycles. The molecular weight excluding hydrogens is 377 g/mol. The van der Waals surface area contributed by atoms with Crippen molar-refractivity contribution in [1.82, 2.24) is 9.62 Å². The van der Waals surface area contributed by atoms with Crippen molar-refractivity contribution in [2.45, 2.75) is 56.3 Å². The van der Waals surface area contributed by atoms with Crippen LogP contribution in [0.4, 0.5) is 13.2 Å². The average molecular weight is 401 g/mol. The van der Waals surface area contributed by atoms with E-state index in [9.17, 15) is 21.6 Å². The minimum atomic E-state index is -4.57. The molecule has 2 unspecified atom stereocenters. The lowest BCUT2D eigenvalue weighted by atomic mass is 9.98. The molecule has 1 fully saturated rings. The van der Waals surface area contributed by atoms with Crippen molar-refractivity contribution in [1.29, 1.82) is 0 Å². The maximum Gasteiger partial charge on any atom is 0.416 e. The van der Waals surface area contributed by atoms with Gasteiger partial charge in [-0.05, 0) is 44.9 Å². The van der Waals surface area contributed by atoms with Crippen LogP contribution in [0.1, 0.15) is 38.7 Å². The van der Waals surface area contributed by atoms with E-state index in [1.165, 1.54) is 6.07 Å². The number of hydrogen-bond acceptors (Lipinski definition) is 3. The van der Waals surface area contributed by atoms with Crippen molar-refractivity contribution in [2.24, 2.45) is 0 Å². The molecule has 9 heteroatoms. The molecule has 0 amide bonds. The Morgan fingerprint density at radius 1 is 1.20 bits per heavy atom. The minimum Gasteiger partial charge on any atom is -0.297 e. The summed E-state index contributed by atoms with van der Waals surface area (Å²) in [6, 6.07) is 4.55. The first-order valence-corrected chi connectivity index (χ1v) is 9.52. The smallest absolute Gasteiger partial charge is 0.297 e. The number of likely N-dealkylation sites (tertiary alicyclic amines) is 1. The molecule has 144 valence electrons. The summed E-state index contributed by atoms with van der Waals surface area (Å²) in [5.41, 5.74) is -0.969. The molecule has 4 nitrogen and oxygen atoms in total. The molecule has 0 bridgehead atoms. The molecule has 0 saturated carbocycles. The number of hydrogen-bond donors (Lipinski definition) is 1. The van der Waals surface area contributed by atoms with Crippen LogP contribution < -0.4 is 4.72 Å². The Balaban J connectivity index is 0.00000312. The molecule has 1 N–H and O–H groups in total. The maximum atomic E-state index is 12.7. The number of piperidine rings is 1. The highest BCUT2D eigenvalue weighted by Crippen LogP contribution is 2.30. The molecule has 1 aliphatic rings. The van der Waals surface area contributed by atoms with Gasteiger partial charge in [-0.3, -0.25) is 4.90 Å². The first-order valence-electron chi connectivity index (χ1n) is 8.04. The zero-order valence-corrected chi connectivity index (χ0v) is 15.8. The lowest BCUT2D eigenvalue weighted by Gasteiger charge is -2.39. The molecule has 1 heterocycles. The highest BCUT2D eigenvalue weighted by atomic mass is 35.5. The predicted molar refractivity (Wildman–Crippen MR) is 93.4 cm³/mol. The standard InChI is InChI=1S/C16H23F3N2O2S.ClH/c1-12-5-3-6-13(2)21(12)10-9-20-24(22,23)15-8-4-7-14(11-15)16(17,18)19;/h4,7-8,11-13,20H,3,5-6,9-10H2,1-2H3;1H. The largest absolute Gasteiger partial charge is 0.416 e. The normalized spacial score (nSPS) is 22.4. The molecule has 2 rings (SSSR count). The van der Waals surface area contributed by atoms with Crippen molar-refractivity contribution in [3.05, 3.63) is 29.8 Å². The van der Waals surface area contributed by atoms with E-state index in [1.807, 2.05) is 0 Å². The van der Waals surface area contributed by atoms with Crippen LogP contribution in [-0.2, 0) is 16.2 Å². The van der Waals surface area contributed by atoms with Crippen LogP contribution in [0.25, 0.3) is 0 Å². The van der Waals surface area contributed by atoms with Crippen LogP contribution in [0.5, 0.6) is 0 Å². The fourth-order valence-corrected chi connectivity index (χ4v) is 4.21. The Labute approximate surface area is 153 Å². The quantitative estimate of drug-likeness (QED) is 0.820. The third-order valence-corrected chi connectivity index (χ3v) is 5.97. The van der Waals surface area contributed by atoms with E-state index in [2.05, 4.69) is 23.5 Å². The Bertz CT molecular complexity index is 658. The monoisotopic (exact) mass is 400 g/mol. The molecule has 1 saturated heterocycles. The van der Waals surface area contributed by atoms with E-state index in [4.69, 9.17) is 0 Å². The molecule has 0 aliphatic carbocycles. The third kappa shape index (κ3) is 5.84. The molecule has 25 heavy (non-hydrogen) atoms. The second-order valence-corrected chi connectivity index (χ2v) is 8.06. The van der Waals surface area contributed by atoms with Crippen LogP contribution in [0, 0.1) is 0 Å². The van der Waals surface area contributed by atoms with Gasteiger partial charge in [0.25, 0.3) is 0 Å². The van der Waals surface area contributed by atoms with E-state index in [-0.39, 0.29) is 23.8 Å². The molecular formula is C16H24ClF3N2O2S. The third-order valence-electron chi connectivity index (χ3n) is 4.51. The van der Waals surface area contributed by atoms with Gasteiger partial charge in [0.05, 0.1) is 10.5 Å². The van der Waals surface area contributed by atoms with Gasteiger partial charge in [0.2, 0.25) is 10.0 Å². The van der Waals surface area contributed by atoms with Gasteiger partial charge >= 0.3 is 6.18 Å². The highest BCUT2D eigenvalue weighted by Gasteiger charge is 2.31. The first-order chi connectivity index (χ1) is 11.1. The fraction of sp³-hybridized carbons (Fsp3) is 0.625. The van der Waals surface area contributed by atoms with E-state index in [0.29, 0.717) is 24.7 Å². The van der Waals surface area contributed by atoms with Gasteiger partial charge in [-0.2, -0.15) is 13.2 Å². The van der Waals surface area contributed by atoms with Crippen LogP contribution in [-0.4, -0.2) is 38.5 Å². The summed E-state index contributed by atoms with van der Waals surface area (Å²) in [6.45, 7) is 4.93. The van der Waals surface area contributed by atoms with Gasteiger partial charge in [0, 0.05) is 25.2 Å². The summed E-state index contributed by atoms with van der Waals surface area (Å²) in [7, 11) is -3.96. The average Bonchev–Trinajstić information content (AvgIpc) is 2.49. The second kappa shape index (κ2) is 8.70. The van der Waals surface area contributed by atoms with Crippen LogP contribution in [0.2, 0.25) is 0 Å². The number of sulfonamides is 1. The van der Waals surface area contributed by atoms with Gasteiger partial charge < -0.3 is 0 Å².